The molecule has 19 heteroatoms. The van der Waals surface area contributed by atoms with Crippen LogP contribution in [-0.4, -0.2) is 102 Å². The molecule has 2 amide bonds. The molecule has 1 saturated heterocycles. The van der Waals surface area contributed by atoms with Gasteiger partial charge in [0.05, 0.1) is 11.9 Å². The summed E-state index contributed by atoms with van der Waals surface area (Å²) in [6.07, 6.45) is 0.861. The van der Waals surface area contributed by atoms with Gasteiger partial charge in [-0.25, -0.2) is 17.9 Å². The van der Waals surface area contributed by atoms with Crippen molar-refractivity contribution >= 4 is 62.7 Å². The Morgan fingerprint density at radius 3 is 2.68 bits per heavy atom. The van der Waals surface area contributed by atoms with Gasteiger partial charge in [0.25, 0.3) is 11.8 Å². The van der Waals surface area contributed by atoms with Crippen LogP contribution in [0.4, 0.5) is 5.69 Å². The van der Waals surface area contributed by atoms with Gasteiger partial charge in [0.1, 0.15) is 22.9 Å². The number of thioether (sulfide) groups is 2. The van der Waals surface area contributed by atoms with E-state index in [1.807, 2.05) is 0 Å². The minimum Gasteiger partial charge on any atom is -0.506 e. The predicted molar refractivity (Wildman–Crippen MR) is 134 cm³/mol. The highest BCUT2D eigenvalue weighted by Gasteiger charge is 2.54. The number of oxime groups is 1. The highest BCUT2D eigenvalue weighted by atomic mass is 32.2. The highest BCUT2D eigenvalue weighted by molar-refractivity contribution is 8.01. The number of phenolic OH excluding ortho intramolecular Hbond substituents is 1. The average Bonchev–Trinajstić information content (AvgIpc) is 3.26. The lowest BCUT2D eigenvalue weighted by Gasteiger charge is -2.49. The van der Waals surface area contributed by atoms with Gasteiger partial charge in [-0.05, 0) is 34.2 Å². The lowest BCUT2D eigenvalue weighted by atomic mass is 10.0. The average molecular weight is 585 g/mol. The number of fused-ring (bicyclic) bond motifs is 1. The van der Waals surface area contributed by atoms with Gasteiger partial charge < -0.3 is 20.7 Å². The van der Waals surface area contributed by atoms with Crippen LogP contribution in [0.1, 0.15) is 5.56 Å². The molecule has 0 radical (unpaired) electrons. The van der Waals surface area contributed by atoms with Crippen molar-refractivity contribution in [2.75, 3.05) is 22.5 Å². The zero-order chi connectivity index (χ0) is 27.8. The number of nitrogens with zero attached hydrogens (tertiary/aromatic N) is 6. The Bertz CT molecular complexity index is 1490. The molecule has 0 bridgehead atoms. The maximum Gasteiger partial charge on any atom is 0.352 e. The van der Waals surface area contributed by atoms with Gasteiger partial charge in [0.2, 0.25) is 15.2 Å². The van der Waals surface area contributed by atoms with Crippen molar-refractivity contribution < 1.29 is 38.2 Å². The fraction of sp³-hybridized carbons (Fsp3) is 0.316. The molecule has 3 heterocycles. The van der Waals surface area contributed by atoms with Crippen molar-refractivity contribution in [3.8, 4) is 5.75 Å². The normalized spacial score (nSPS) is 19.6. The summed E-state index contributed by atoms with van der Waals surface area (Å²) in [5.74, 6) is -2.88. The second kappa shape index (κ2) is 10.5. The number of aromatic nitrogens is 4. The summed E-state index contributed by atoms with van der Waals surface area (Å²) in [7, 11) is -2.13. The third-order valence-electron chi connectivity index (χ3n) is 5.37. The molecule has 2 unspecified atom stereocenters. The maximum absolute atomic E-state index is 12.9. The second-order valence-electron chi connectivity index (χ2n) is 8.05. The predicted octanol–water partition coefficient (Wildman–Crippen LogP) is -1.00. The van der Waals surface area contributed by atoms with Crippen LogP contribution < -0.4 is 10.0 Å². The summed E-state index contributed by atoms with van der Waals surface area (Å²) in [4.78, 5) is 38.9. The summed E-state index contributed by atoms with van der Waals surface area (Å²) in [6, 6.07) is 2.27. The first-order chi connectivity index (χ1) is 17.9. The minimum absolute atomic E-state index is 0.0578. The van der Waals surface area contributed by atoms with Gasteiger partial charge in [0, 0.05) is 24.1 Å². The Balaban J connectivity index is 1.50. The van der Waals surface area contributed by atoms with E-state index in [1.165, 1.54) is 34.3 Å². The molecule has 202 valence electrons. The number of hydrogen-bond acceptors (Lipinski definition) is 13. The van der Waals surface area contributed by atoms with E-state index >= 15 is 0 Å². The SMILES string of the molecule is Cn1nnnc1SCC1=C(C(=O)O)N2C(=O)C(NC(=O)/C(=N\O)c3ccc(O)c(NS(C)(=O)=O)c3)C2SC1. The number of tetrazole rings is 1. The zero-order valence-electron chi connectivity index (χ0n) is 19.6. The molecule has 1 aromatic heterocycles. The number of carbonyl (C=O) groups is 3. The molecule has 16 nitrogen and oxygen atoms in total. The number of sulfonamides is 1. The number of carboxylic acids is 1. The van der Waals surface area contributed by atoms with Crippen molar-refractivity contribution in [1.29, 1.82) is 0 Å². The van der Waals surface area contributed by atoms with E-state index in [2.05, 4.69) is 30.7 Å². The molecular weight excluding hydrogens is 564 g/mol. The van der Waals surface area contributed by atoms with Crippen LogP contribution in [0.15, 0.2) is 39.8 Å². The first-order valence-electron chi connectivity index (χ1n) is 10.5. The number of carboxylic acid groups (broad SMARTS) is 1. The molecule has 38 heavy (non-hydrogen) atoms. The number of β-lactam (4-membered cyclic amide) rings is 1. The van der Waals surface area contributed by atoms with E-state index in [9.17, 15) is 38.2 Å². The van der Waals surface area contributed by atoms with Crippen molar-refractivity contribution in [2.24, 2.45) is 12.2 Å². The van der Waals surface area contributed by atoms with Gasteiger partial charge in [-0.3, -0.25) is 19.2 Å². The maximum atomic E-state index is 12.9. The number of phenols is 1. The number of nitrogens with one attached hydrogen (secondary N) is 2. The zero-order valence-corrected chi connectivity index (χ0v) is 22.0. The topological polar surface area (TPSA) is 229 Å². The van der Waals surface area contributed by atoms with Gasteiger partial charge in [-0.15, -0.1) is 16.9 Å². The standard InChI is InChI=1S/C19H20N8O8S3/c1-26-19(21-24-25-26)37-7-9-6-36-17-13(16(30)27(17)14(9)18(31)32)20-15(29)12(22-33)8-3-4-11(28)10(5-8)23-38(2,34)35/h3-5,13,17,23,28,33H,6-7H2,1-2H3,(H,20,29)(H,31,32)/b22-12-. The van der Waals surface area contributed by atoms with Crippen LogP contribution >= 0.6 is 23.5 Å². The Morgan fingerprint density at radius 1 is 1.34 bits per heavy atom. The highest BCUT2D eigenvalue weighted by Crippen LogP contribution is 2.41. The quantitative estimate of drug-likeness (QED) is 0.0595. The largest absolute Gasteiger partial charge is 0.506 e. The Kier molecular flexibility index (Phi) is 7.51. The van der Waals surface area contributed by atoms with Crippen LogP contribution in [-0.2, 0) is 31.5 Å². The number of aromatic hydroxyl groups is 1. The molecular formula is C19H20N8O8S3. The van der Waals surface area contributed by atoms with Gasteiger partial charge in [0.15, 0.2) is 5.71 Å². The number of aliphatic carboxylic acids is 1. The fourth-order valence-corrected chi connectivity index (χ4v) is 6.60. The van der Waals surface area contributed by atoms with E-state index < -0.39 is 50.7 Å². The molecule has 4 rings (SSSR count). The summed E-state index contributed by atoms with van der Waals surface area (Å²) < 4.78 is 26.6. The first-order valence-corrected chi connectivity index (χ1v) is 14.4. The molecule has 1 aromatic carbocycles. The summed E-state index contributed by atoms with van der Waals surface area (Å²) in [5.41, 5.74) is -0.573. The molecule has 0 saturated carbocycles. The van der Waals surface area contributed by atoms with E-state index in [1.54, 1.807) is 7.05 Å². The van der Waals surface area contributed by atoms with Crippen LogP contribution in [0.25, 0.3) is 0 Å². The molecule has 0 aliphatic carbocycles. The van der Waals surface area contributed by atoms with E-state index in [4.69, 9.17) is 0 Å². The Hall–Kier alpha value is -3.84. The van der Waals surface area contributed by atoms with Crippen molar-refractivity contribution in [1.82, 2.24) is 30.4 Å². The number of rotatable bonds is 9. The van der Waals surface area contributed by atoms with Crippen LogP contribution in [0.2, 0.25) is 0 Å². The first kappa shape index (κ1) is 27.2. The van der Waals surface area contributed by atoms with Gasteiger partial charge in [-0.1, -0.05) is 16.9 Å². The summed E-state index contributed by atoms with van der Waals surface area (Å²) in [6.45, 7) is 0. The van der Waals surface area contributed by atoms with Crippen LogP contribution in [0.5, 0.6) is 5.75 Å². The van der Waals surface area contributed by atoms with Gasteiger partial charge >= 0.3 is 5.97 Å². The Labute approximate surface area is 223 Å². The van der Waals surface area contributed by atoms with E-state index in [0.717, 1.165) is 23.3 Å². The molecule has 2 atom stereocenters. The summed E-state index contributed by atoms with van der Waals surface area (Å²) in [5, 5.41) is 45.4. The lowest BCUT2D eigenvalue weighted by Crippen LogP contribution is -2.71. The number of carbonyl (C=O) groups excluding carboxylic acids is 2. The molecule has 2 aliphatic rings. The number of hydrogen-bond donors (Lipinski definition) is 5. The Morgan fingerprint density at radius 2 is 2.08 bits per heavy atom. The van der Waals surface area contributed by atoms with Crippen molar-refractivity contribution in [2.45, 2.75) is 16.6 Å². The van der Waals surface area contributed by atoms with E-state index in [-0.39, 0.29) is 28.5 Å². The summed E-state index contributed by atoms with van der Waals surface area (Å²) >= 11 is 2.46. The monoisotopic (exact) mass is 584 g/mol. The third-order valence-corrected chi connectivity index (χ3v) is 8.40. The molecule has 5 N–H and O–H groups in total. The molecule has 0 spiro atoms. The minimum atomic E-state index is -3.77. The number of benzene rings is 1. The van der Waals surface area contributed by atoms with Crippen LogP contribution in [0.3, 0.4) is 0 Å². The van der Waals surface area contributed by atoms with Crippen LogP contribution in [0, 0.1) is 0 Å². The number of aryl methyl sites for hydroxylation is 1. The van der Waals surface area contributed by atoms with Crippen molar-refractivity contribution in [3.05, 3.63) is 35.0 Å². The number of amides is 2. The molecule has 2 aliphatic heterocycles. The lowest BCUT2D eigenvalue weighted by molar-refractivity contribution is -0.150. The van der Waals surface area contributed by atoms with Gasteiger partial charge in [-0.2, -0.15) is 0 Å². The van der Waals surface area contributed by atoms with Crippen molar-refractivity contribution in [3.63, 3.8) is 0 Å². The smallest absolute Gasteiger partial charge is 0.352 e. The third kappa shape index (κ3) is 5.38. The molecule has 1 fully saturated rings. The molecule has 2 aromatic rings. The van der Waals surface area contributed by atoms with E-state index in [0.29, 0.717) is 10.7 Å². The number of anilines is 1. The fourth-order valence-electron chi connectivity index (χ4n) is 3.70. The second-order valence-corrected chi connectivity index (χ2v) is 11.8.